The van der Waals surface area contributed by atoms with Crippen molar-refractivity contribution >= 4 is 11.9 Å². The Hall–Kier alpha value is -2.25. The standard InChI is InChI=1S/C16H17NO.C10H14.2CH3.Ru/c1-11-6-4-7-12(2)15(11)17-10-14-9-5-8-13(3)16(14)18;1-8(2)10-6-4-9(3)5-7-10;;;/h4-10,18H,1-3H3;4-8H,1-3H3;2*1H3;/q;;2*-1;+2. The Morgan fingerprint density at radius 1 is 0.742 bits per heavy atom. The van der Waals surface area contributed by atoms with Crippen molar-refractivity contribution in [2.75, 3.05) is 0 Å². The first kappa shape index (κ1) is 30.9. The molecule has 31 heavy (non-hydrogen) atoms. The first-order valence-corrected chi connectivity index (χ1v) is 9.75. The van der Waals surface area contributed by atoms with Crippen molar-refractivity contribution in [1.82, 2.24) is 0 Å². The van der Waals surface area contributed by atoms with Crippen LogP contribution in [0.5, 0.6) is 5.75 Å². The maximum atomic E-state index is 9.92. The van der Waals surface area contributed by atoms with Crippen molar-refractivity contribution in [3.05, 3.63) is 109 Å². The Labute approximate surface area is 203 Å². The fraction of sp³-hybridized carbons (Fsp3) is 0.250. The predicted octanol–water partition coefficient (Wildman–Crippen LogP) is 8.08. The van der Waals surface area contributed by atoms with E-state index in [0.29, 0.717) is 11.7 Å². The van der Waals surface area contributed by atoms with Crippen molar-refractivity contribution in [2.24, 2.45) is 4.99 Å². The van der Waals surface area contributed by atoms with E-state index in [9.17, 15) is 5.11 Å². The first-order valence-electron chi connectivity index (χ1n) is 9.75. The molecule has 168 valence electrons. The molecular formula is C28H37NORu. The SMILES string of the molecule is Cc1ccc(C(C)C)cc1.Cc1cccc(C=Nc2c(C)cccc2C)c1O.[CH3-].[CH3-].[Ru+2]. The second-order valence-electron chi connectivity index (χ2n) is 7.58. The summed E-state index contributed by atoms with van der Waals surface area (Å²) < 4.78 is 0. The molecule has 0 fully saturated rings. The Morgan fingerprint density at radius 2 is 1.23 bits per heavy atom. The maximum Gasteiger partial charge on any atom is 2.00 e. The second kappa shape index (κ2) is 14.7. The fourth-order valence-corrected chi connectivity index (χ4v) is 2.88. The summed E-state index contributed by atoms with van der Waals surface area (Å²) in [5.74, 6) is 0.952. The number of phenolic OH excluding ortho intramolecular Hbond substituents is 1. The van der Waals surface area contributed by atoms with Crippen LogP contribution in [0.25, 0.3) is 0 Å². The van der Waals surface area contributed by atoms with Crippen molar-refractivity contribution in [1.29, 1.82) is 0 Å². The summed E-state index contributed by atoms with van der Waals surface area (Å²) in [5.41, 5.74) is 7.61. The molecule has 1 N–H and O–H groups in total. The normalized spacial score (nSPS) is 9.77. The van der Waals surface area contributed by atoms with Crippen LogP contribution >= 0.6 is 0 Å². The number of nitrogens with zero attached hydrogens (tertiary/aromatic N) is 1. The zero-order valence-electron chi connectivity index (χ0n) is 20.2. The molecule has 0 heterocycles. The van der Waals surface area contributed by atoms with Gasteiger partial charge in [0.1, 0.15) is 5.75 Å². The van der Waals surface area contributed by atoms with Crippen LogP contribution in [0.2, 0.25) is 0 Å². The Bertz CT molecular complexity index is 923. The molecule has 0 aliphatic carbocycles. The van der Waals surface area contributed by atoms with E-state index in [1.165, 1.54) is 11.1 Å². The topological polar surface area (TPSA) is 32.6 Å². The van der Waals surface area contributed by atoms with E-state index in [1.807, 2.05) is 57.2 Å². The van der Waals surface area contributed by atoms with Crippen LogP contribution < -0.4 is 0 Å². The minimum absolute atomic E-state index is 0. The van der Waals surface area contributed by atoms with Gasteiger partial charge in [-0.2, -0.15) is 0 Å². The van der Waals surface area contributed by atoms with Gasteiger partial charge in [0.25, 0.3) is 0 Å². The van der Waals surface area contributed by atoms with Gasteiger partial charge in [-0.25, -0.2) is 0 Å². The molecule has 3 aromatic carbocycles. The molecule has 0 bridgehead atoms. The average molecular weight is 505 g/mol. The molecule has 0 spiro atoms. The molecule has 0 unspecified atom stereocenters. The number of hydrogen-bond acceptors (Lipinski definition) is 2. The third-order valence-electron chi connectivity index (χ3n) is 4.79. The Morgan fingerprint density at radius 3 is 1.74 bits per heavy atom. The number of aliphatic imine (C=N–C) groups is 1. The van der Waals surface area contributed by atoms with Crippen LogP contribution in [0.15, 0.2) is 65.7 Å². The van der Waals surface area contributed by atoms with Gasteiger partial charge in [0.15, 0.2) is 0 Å². The summed E-state index contributed by atoms with van der Waals surface area (Å²) in [6.07, 6.45) is 1.72. The van der Waals surface area contributed by atoms with Crippen LogP contribution in [0.4, 0.5) is 5.69 Å². The third-order valence-corrected chi connectivity index (χ3v) is 4.79. The molecule has 0 saturated carbocycles. The van der Waals surface area contributed by atoms with E-state index < -0.39 is 0 Å². The van der Waals surface area contributed by atoms with E-state index in [4.69, 9.17) is 0 Å². The average Bonchev–Trinajstić information content (AvgIpc) is 2.65. The monoisotopic (exact) mass is 505 g/mol. The van der Waals surface area contributed by atoms with Crippen LogP contribution in [0.1, 0.15) is 53.1 Å². The van der Waals surface area contributed by atoms with Gasteiger partial charge in [0.05, 0.1) is 5.69 Å². The van der Waals surface area contributed by atoms with Crippen LogP contribution in [0, 0.1) is 42.5 Å². The second-order valence-corrected chi connectivity index (χ2v) is 7.58. The molecule has 0 amide bonds. The van der Waals surface area contributed by atoms with Gasteiger partial charge in [0.2, 0.25) is 0 Å². The van der Waals surface area contributed by atoms with Gasteiger partial charge < -0.3 is 20.0 Å². The van der Waals surface area contributed by atoms with E-state index in [-0.39, 0.29) is 34.3 Å². The van der Waals surface area contributed by atoms with Crippen molar-refractivity contribution < 1.29 is 24.6 Å². The number of aromatic hydroxyl groups is 1. The number of phenols is 1. The molecule has 0 aliphatic rings. The minimum Gasteiger partial charge on any atom is -0.507 e. The molecule has 2 nitrogen and oxygen atoms in total. The minimum atomic E-state index is 0. The van der Waals surface area contributed by atoms with E-state index in [0.717, 1.165) is 27.9 Å². The Balaban J connectivity index is 0. The van der Waals surface area contributed by atoms with Crippen LogP contribution in [-0.4, -0.2) is 11.3 Å². The first-order chi connectivity index (χ1) is 13.3. The number of benzene rings is 3. The van der Waals surface area contributed by atoms with Crippen molar-refractivity contribution in [3.8, 4) is 5.75 Å². The van der Waals surface area contributed by atoms with Crippen LogP contribution in [-0.2, 0) is 19.5 Å². The summed E-state index contributed by atoms with van der Waals surface area (Å²) in [6.45, 7) is 12.5. The van der Waals surface area contributed by atoms with Gasteiger partial charge in [-0.15, -0.1) is 0 Å². The number of rotatable bonds is 3. The van der Waals surface area contributed by atoms with E-state index in [1.54, 1.807) is 6.21 Å². The van der Waals surface area contributed by atoms with Gasteiger partial charge in [-0.3, -0.25) is 4.99 Å². The zero-order valence-corrected chi connectivity index (χ0v) is 21.9. The smallest absolute Gasteiger partial charge is 0.507 e. The number of hydrogen-bond donors (Lipinski definition) is 1. The molecule has 3 rings (SSSR count). The van der Waals surface area contributed by atoms with Crippen molar-refractivity contribution in [3.63, 3.8) is 0 Å². The molecule has 0 atom stereocenters. The van der Waals surface area contributed by atoms with E-state index in [2.05, 4.69) is 50.0 Å². The summed E-state index contributed by atoms with van der Waals surface area (Å²) in [4.78, 5) is 4.49. The summed E-state index contributed by atoms with van der Waals surface area (Å²) in [5, 5.41) is 9.92. The number of para-hydroxylation sites is 2. The molecule has 0 saturated heterocycles. The van der Waals surface area contributed by atoms with Crippen molar-refractivity contribution in [2.45, 2.75) is 47.5 Å². The summed E-state index contributed by atoms with van der Waals surface area (Å²) >= 11 is 0. The molecule has 3 aromatic rings. The quantitative estimate of drug-likeness (QED) is 0.218. The molecular weight excluding hydrogens is 467 g/mol. The fourth-order valence-electron chi connectivity index (χ4n) is 2.88. The molecule has 3 heteroatoms. The van der Waals surface area contributed by atoms with Crippen LogP contribution in [0.3, 0.4) is 0 Å². The van der Waals surface area contributed by atoms with Gasteiger partial charge in [-0.05, 0) is 61.9 Å². The van der Waals surface area contributed by atoms with Gasteiger partial charge in [0, 0.05) is 11.8 Å². The predicted molar refractivity (Wildman–Crippen MR) is 134 cm³/mol. The molecule has 0 aromatic heterocycles. The van der Waals surface area contributed by atoms with E-state index >= 15 is 0 Å². The third kappa shape index (κ3) is 9.19. The summed E-state index contributed by atoms with van der Waals surface area (Å²) in [6, 6.07) is 20.5. The largest absolute Gasteiger partial charge is 2.00 e. The summed E-state index contributed by atoms with van der Waals surface area (Å²) in [7, 11) is 0. The number of aryl methyl sites for hydroxylation is 4. The maximum absolute atomic E-state index is 9.92. The Kier molecular flexibility index (Phi) is 14.7. The molecule has 0 aliphatic heterocycles. The molecule has 0 radical (unpaired) electrons. The zero-order chi connectivity index (χ0) is 20.7. The van der Waals surface area contributed by atoms with Gasteiger partial charge in [-0.1, -0.05) is 74.0 Å². The van der Waals surface area contributed by atoms with Gasteiger partial charge >= 0.3 is 19.5 Å².